The molecule has 2 atom stereocenters. The Balaban J connectivity index is 1.33. The number of nitrogens with two attached hydrogens (primary N) is 2. The second-order valence-corrected chi connectivity index (χ2v) is 10.8. The van der Waals surface area contributed by atoms with Crippen molar-refractivity contribution in [1.29, 1.82) is 0 Å². The minimum atomic E-state index is -0.883. The molecule has 2 amide bonds. The van der Waals surface area contributed by atoms with Crippen LogP contribution in [0.25, 0.3) is 0 Å². The van der Waals surface area contributed by atoms with Gasteiger partial charge in [0.2, 0.25) is 5.91 Å². The summed E-state index contributed by atoms with van der Waals surface area (Å²) in [6.45, 7) is 6.96. The summed E-state index contributed by atoms with van der Waals surface area (Å²) in [4.78, 5) is 38.8. The highest BCUT2D eigenvalue weighted by Gasteiger charge is 2.41. The number of aliphatic hydroxyl groups is 1. The first-order valence-corrected chi connectivity index (χ1v) is 13.5. The normalized spacial score (nSPS) is 18.1. The maximum atomic E-state index is 12.7. The average molecular weight is 574 g/mol. The summed E-state index contributed by atoms with van der Waals surface area (Å²) in [6.07, 6.45) is 0.979. The number of nitrogen functional groups attached to an aromatic ring is 2. The van der Waals surface area contributed by atoms with Gasteiger partial charge in [-0.1, -0.05) is 23.7 Å². The number of aliphatic hydroxyl groups excluding tert-OH is 1. The van der Waals surface area contributed by atoms with Crippen molar-refractivity contribution in [2.75, 3.05) is 31.1 Å². The summed E-state index contributed by atoms with van der Waals surface area (Å²) in [5, 5.41) is 20.0. The lowest BCUT2D eigenvalue weighted by atomic mass is 9.87. The van der Waals surface area contributed by atoms with Crippen LogP contribution in [0.2, 0.25) is 5.15 Å². The van der Waals surface area contributed by atoms with Gasteiger partial charge in [-0.25, -0.2) is 9.97 Å². The number of anilines is 2. The van der Waals surface area contributed by atoms with Gasteiger partial charge in [0.1, 0.15) is 12.0 Å². The first-order chi connectivity index (χ1) is 18.9. The number of aromatic nitrogens is 2. The molecule has 14 heteroatoms. The summed E-state index contributed by atoms with van der Waals surface area (Å²) < 4.78 is 5.71. The van der Waals surface area contributed by atoms with Crippen molar-refractivity contribution < 1.29 is 19.4 Å². The van der Waals surface area contributed by atoms with Crippen LogP contribution in [0.4, 0.5) is 11.6 Å². The van der Waals surface area contributed by atoms with Gasteiger partial charge in [0, 0.05) is 20.0 Å². The van der Waals surface area contributed by atoms with Crippen molar-refractivity contribution in [3.63, 3.8) is 0 Å². The molecule has 2 aromatic rings. The van der Waals surface area contributed by atoms with Crippen LogP contribution in [-0.4, -0.2) is 81.3 Å². The summed E-state index contributed by atoms with van der Waals surface area (Å²) in [6, 6.07) is 7.17. The number of guanidine groups is 1. The number of hydrogen-bond donors (Lipinski definition) is 6. The van der Waals surface area contributed by atoms with Gasteiger partial charge in [-0.05, 0) is 50.8 Å². The third kappa shape index (κ3) is 7.09. The molecule has 1 saturated heterocycles. The van der Waals surface area contributed by atoms with Gasteiger partial charge in [0.25, 0.3) is 5.91 Å². The molecular weight excluding hydrogens is 538 g/mol. The van der Waals surface area contributed by atoms with Crippen molar-refractivity contribution in [2.24, 2.45) is 4.99 Å². The van der Waals surface area contributed by atoms with Crippen LogP contribution in [0.15, 0.2) is 29.3 Å². The van der Waals surface area contributed by atoms with Crippen LogP contribution < -0.4 is 32.2 Å². The Hall–Kier alpha value is -3.68. The fraction of sp³-hybridized carbons (Fsp3) is 0.500. The van der Waals surface area contributed by atoms with E-state index >= 15 is 0 Å². The highest BCUT2D eigenvalue weighted by molar-refractivity contribution is 6.31. The van der Waals surface area contributed by atoms with Crippen LogP contribution in [0.3, 0.4) is 0 Å². The van der Waals surface area contributed by atoms with Crippen LogP contribution in [-0.2, 0) is 11.2 Å². The van der Waals surface area contributed by atoms with Gasteiger partial charge in [-0.15, -0.1) is 0 Å². The number of benzene rings is 1. The molecule has 2 aliphatic heterocycles. The Bertz CT molecular complexity index is 1260. The summed E-state index contributed by atoms with van der Waals surface area (Å²) in [5.41, 5.74) is 11.8. The Labute approximate surface area is 237 Å². The average Bonchev–Trinajstić information content (AvgIpc) is 3.27. The number of carbonyl (C=O) groups is 2. The van der Waals surface area contributed by atoms with E-state index in [1.807, 2.05) is 43.0 Å². The number of halogens is 1. The minimum absolute atomic E-state index is 0.0603. The van der Waals surface area contributed by atoms with E-state index in [1.165, 1.54) is 6.92 Å². The van der Waals surface area contributed by atoms with Gasteiger partial charge in [-0.2, -0.15) is 0 Å². The molecule has 3 heterocycles. The van der Waals surface area contributed by atoms with E-state index in [2.05, 4.69) is 30.9 Å². The zero-order chi connectivity index (χ0) is 29.0. The predicted octanol–water partition coefficient (Wildman–Crippen LogP) is 0.671. The van der Waals surface area contributed by atoms with E-state index < -0.39 is 18.2 Å². The zero-order valence-electron chi connectivity index (χ0n) is 22.8. The van der Waals surface area contributed by atoms with Crippen LogP contribution in [0.5, 0.6) is 5.75 Å². The van der Waals surface area contributed by atoms with E-state index in [9.17, 15) is 14.7 Å². The molecule has 1 fully saturated rings. The third-order valence-corrected chi connectivity index (χ3v) is 7.18. The number of ether oxygens (including phenoxy) is 1. The first kappa shape index (κ1) is 29.3. The van der Waals surface area contributed by atoms with E-state index in [1.54, 1.807) is 0 Å². The highest BCUT2D eigenvalue weighted by atomic mass is 35.5. The van der Waals surface area contributed by atoms with Gasteiger partial charge in [-0.3, -0.25) is 24.8 Å². The van der Waals surface area contributed by atoms with Crippen molar-refractivity contribution in [3.8, 4) is 5.75 Å². The topological polar surface area (TPSA) is 193 Å². The largest absolute Gasteiger partial charge is 0.491 e. The number of hydrogen-bond acceptors (Lipinski definition) is 11. The lowest BCUT2D eigenvalue weighted by molar-refractivity contribution is -0.122. The molecule has 0 saturated carbocycles. The summed E-state index contributed by atoms with van der Waals surface area (Å²) in [5.74, 6) is 0.0565. The smallest absolute Gasteiger partial charge is 0.280 e. The maximum absolute atomic E-state index is 12.7. The monoisotopic (exact) mass is 573 g/mol. The molecule has 1 aromatic heterocycles. The molecule has 4 rings (SSSR count). The van der Waals surface area contributed by atoms with Gasteiger partial charge in [0.15, 0.2) is 28.4 Å². The second kappa shape index (κ2) is 12.2. The molecule has 40 heavy (non-hydrogen) atoms. The van der Waals surface area contributed by atoms with Crippen molar-refractivity contribution in [2.45, 2.75) is 63.9 Å². The maximum Gasteiger partial charge on any atom is 0.280 e. The van der Waals surface area contributed by atoms with Crippen LogP contribution >= 0.6 is 11.6 Å². The molecular formula is C26H36ClN9O4. The number of aliphatic imine (C=N–C) groups is 1. The molecule has 1 unspecified atom stereocenters. The van der Waals surface area contributed by atoms with Crippen molar-refractivity contribution in [3.05, 3.63) is 40.7 Å². The predicted molar refractivity (Wildman–Crippen MR) is 152 cm³/mol. The quantitative estimate of drug-likeness (QED) is 0.261. The van der Waals surface area contributed by atoms with Gasteiger partial charge in [0.05, 0.1) is 24.2 Å². The third-order valence-electron chi connectivity index (χ3n) is 6.90. The van der Waals surface area contributed by atoms with Crippen LogP contribution in [0, 0.1) is 0 Å². The SMILES string of the molecule is CC(=O)N[C@@H](Cc1ccc(OC(C)C)cc1)C(O)N1CCC2(CC1)CN=C(NC(=O)c1nc(Cl)c(N)nc1N)N2. The second-order valence-electron chi connectivity index (χ2n) is 10.4. The van der Waals surface area contributed by atoms with Gasteiger partial charge < -0.3 is 31.9 Å². The lowest BCUT2D eigenvalue weighted by Gasteiger charge is -2.42. The number of carbonyl (C=O) groups excluding carboxylic acids is 2. The zero-order valence-corrected chi connectivity index (χ0v) is 23.5. The summed E-state index contributed by atoms with van der Waals surface area (Å²) >= 11 is 5.89. The Kier molecular flexibility index (Phi) is 8.96. The molecule has 13 nitrogen and oxygen atoms in total. The number of nitrogens with zero attached hydrogens (tertiary/aromatic N) is 4. The number of nitrogens with one attached hydrogen (secondary N) is 3. The molecule has 0 bridgehead atoms. The standard InChI is InChI=1S/C26H36ClN9O4/c1-14(2)40-17-6-4-16(5-7-17)12-18(31-15(3)37)24(39)36-10-8-26(9-11-36)13-30-25(35-26)34-23(38)19-21(28)33-22(29)20(27)32-19/h4-7,14,18,24,39H,8-13H2,1-3H3,(H,31,37)(H4,28,29,33)(H2,30,34,35,38)/t18-,24?/m0/s1. The molecule has 8 N–H and O–H groups in total. The number of piperidine rings is 1. The lowest BCUT2D eigenvalue weighted by Crippen LogP contribution is -2.60. The Morgan fingerprint density at radius 2 is 1.85 bits per heavy atom. The molecule has 216 valence electrons. The van der Waals surface area contributed by atoms with E-state index in [0.717, 1.165) is 11.3 Å². The fourth-order valence-electron chi connectivity index (χ4n) is 4.88. The van der Waals surface area contributed by atoms with E-state index in [-0.39, 0.29) is 40.0 Å². The van der Waals surface area contributed by atoms with Crippen molar-refractivity contribution >= 4 is 41.0 Å². The van der Waals surface area contributed by atoms with Crippen LogP contribution in [0.1, 0.15) is 49.7 Å². The molecule has 2 aliphatic rings. The van der Waals surface area contributed by atoms with E-state index in [4.69, 9.17) is 27.8 Å². The Morgan fingerprint density at radius 1 is 1.18 bits per heavy atom. The summed E-state index contributed by atoms with van der Waals surface area (Å²) in [7, 11) is 0. The molecule has 1 aromatic carbocycles. The minimum Gasteiger partial charge on any atom is -0.491 e. The Morgan fingerprint density at radius 3 is 2.48 bits per heavy atom. The number of amides is 2. The van der Waals surface area contributed by atoms with E-state index in [0.29, 0.717) is 44.9 Å². The van der Waals surface area contributed by atoms with Crippen molar-refractivity contribution in [1.82, 2.24) is 30.8 Å². The fourth-order valence-corrected chi connectivity index (χ4v) is 5.01. The van der Waals surface area contributed by atoms with Gasteiger partial charge >= 0.3 is 0 Å². The number of rotatable bonds is 8. The highest BCUT2D eigenvalue weighted by Crippen LogP contribution is 2.28. The first-order valence-electron chi connectivity index (χ1n) is 13.1. The number of likely N-dealkylation sites (tertiary alicyclic amines) is 1. The molecule has 1 spiro atoms. The molecule has 0 radical (unpaired) electrons. The molecule has 0 aliphatic carbocycles.